The van der Waals surface area contributed by atoms with Crippen LogP contribution >= 0.6 is 23.8 Å². The number of rotatable bonds is 2. The third kappa shape index (κ3) is 2.66. The molecule has 2 saturated heterocycles. The number of nitrogens with zero attached hydrogens (tertiary/aromatic N) is 2. The average Bonchev–Trinajstić information content (AvgIpc) is 2.87. The summed E-state index contributed by atoms with van der Waals surface area (Å²) in [7, 11) is 0. The van der Waals surface area contributed by atoms with Crippen LogP contribution in [0, 0.1) is 0 Å². The SMILES string of the molecule is CC1(C)C(=O)NC(=S)N2C(=O)C[C@H](C(=O)Nc3ccc(Cl)cc3)N21. The Hall–Kier alpha value is -2.03. The summed E-state index contributed by atoms with van der Waals surface area (Å²) in [5.41, 5.74) is -0.534. The molecule has 1 atom stereocenters. The van der Waals surface area contributed by atoms with Gasteiger partial charge in [-0.1, -0.05) is 11.6 Å². The van der Waals surface area contributed by atoms with Gasteiger partial charge in [0.2, 0.25) is 17.7 Å². The highest BCUT2D eigenvalue weighted by Gasteiger charge is 2.56. The lowest BCUT2D eigenvalue weighted by Gasteiger charge is -2.45. The molecule has 2 aliphatic rings. The average molecular weight is 367 g/mol. The molecule has 2 fully saturated rings. The van der Waals surface area contributed by atoms with Crippen LogP contribution in [0.1, 0.15) is 20.3 Å². The Morgan fingerprint density at radius 1 is 1.33 bits per heavy atom. The molecule has 7 nitrogen and oxygen atoms in total. The molecule has 1 aromatic carbocycles. The topological polar surface area (TPSA) is 81.8 Å². The van der Waals surface area contributed by atoms with Crippen molar-refractivity contribution in [1.29, 1.82) is 0 Å². The van der Waals surface area contributed by atoms with Crippen molar-refractivity contribution in [2.75, 3.05) is 5.32 Å². The Kier molecular flexibility index (Phi) is 4.06. The van der Waals surface area contributed by atoms with E-state index in [1.807, 2.05) is 0 Å². The molecule has 0 bridgehead atoms. The van der Waals surface area contributed by atoms with Crippen LogP contribution < -0.4 is 10.6 Å². The van der Waals surface area contributed by atoms with Crippen LogP contribution in [0.15, 0.2) is 24.3 Å². The zero-order chi connectivity index (χ0) is 17.6. The second kappa shape index (κ2) is 5.80. The molecule has 2 aliphatic heterocycles. The van der Waals surface area contributed by atoms with E-state index in [4.69, 9.17) is 23.8 Å². The van der Waals surface area contributed by atoms with Gasteiger partial charge in [0.1, 0.15) is 11.6 Å². The monoisotopic (exact) mass is 366 g/mol. The molecule has 1 aromatic rings. The lowest BCUT2D eigenvalue weighted by atomic mass is 10.00. The van der Waals surface area contributed by atoms with Crippen LogP contribution in [0.25, 0.3) is 0 Å². The fourth-order valence-electron chi connectivity index (χ4n) is 2.82. The van der Waals surface area contributed by atoms with Gasteiger partial charge in [0, 0.05) is 10.7 Å². The Labute approximate surface area is 148 Å². The number of hydrogen-bond acceptors (Lipinski definition) is 5. The number of anilines is 1. The maximum absolute atomic E-state index is 12.7. The van der Waals surface area contributed by atoms with Gasteiger partial charge in [0.15, 0.2) is 5.11 Å². The van der Waals surface area contributed by atoms with E-state index in [0.29, 0.717) is 10.7 Å². The first-order valence-corrected chi connectivity index (χ1v) is 8.04. The molecule has 0 spiro atoms. The molecule has 9 heteroatoms. The molecule has 2 heterocycles. The van der Waals surface area contributed by atoms with Crippen LogP contribution in [0.5, 0.6) is 0 Å². The van der Waals surface area contributed by atoms with Gasteiger partial charge in [-0.25, -0.2) is 5.01 Å². The van der Waals surface area contributed by atoms with Crippen molar-refractivity contribution in [2.24, 2.45) is 0 Å². The van der Waals surface area contributed by atoms with Gasteiger partial charge in [-0.3, -0.25) is 19.7 Å². The highest BCUT2D eigenvalue weighted by Crippen LogP contribution is 2.33. The van der Waals surface area contributed by atoms with Crippen molar-refractivity contribution < 1.29 is 14.4 Å². The number of hydrogen-bond donors (Lipinski definition) is 2. The zero-order valence-corrected chi connectivity index (χ0v) is 14.6. The third-order valence-corrected chi connectivity index (χ3v) is 4.60. The van der Waals surface area contributed by atoms with Gasteiger partial charge in [0.05, 0.1) is 6.42 Å². The smallest absolute Gasteiger partial charge is 0.248 e. The van der Waals surface area contributed by atoms with E-state index in [0.717, 1.165) is 0 Å². The second-order valence-electron chi connectivity index (χ2n) is 6.08. The lowest BCUT2D eigenvalue weighted by molar-refractivity contribution is -0.154. The minimum absolute atomic E-state index is 0.00822. The molecule has 126 valence electrons. The van der Waals surface area contributed by atoms with Crippen LogP contribution in [0.4, 0.5) is 5.69 Å². The number of amides is 3. The van der Waals surface area contributed by atoms with E-state index in [9.17, 15) is 14.4 Å². The van der Waals surface area contributed by atoms with Gasteiger partial charge < -0.3 is 5.32 Å². The summed E-state index contributed by atoms with van der Waals surface area (Å²) >= 11 is 10.9. The Bertz CT molecular complexity index is 750. The molecule has 2 N–H and O–H groups in total. The highest BCUT2D eigenvalue weighted by molar-refractivity contribution is 7.80. The van der Waals surface area contributed by atoms with E-state index >= 15 is 0 Å². The van der Waals surface area contributed by atoms with Gasteiger partial charge in [-0.05, 0) is 50.3 Å². The van der Waals surface area contributed by atoms with Crippen molar-refractivity contribution in [2.45, 2.75) is 31.8 Å². The number of thiocarbonyl (C=S) groups is 1. The van der Waals surface area contributed by atoms with Crippen LogP contribution in [-0.4, -0.2) is 44.4 Å². The summed E-state index contributed by atoms with van der Waals surface area (Å²) in [4.78, 5) is 37.1. The lowest BCUT2D eigenvalue weighted by Crippen LogP contribution is -2.71. The quantitative estimate of drug-likeness (QED) is 0.771. The molecule has 0 aromatic heterocycles. The molecule has 3 amide bonds. The van der Waals surface area contributed by atoms with E-state index in [2.05, 4.69) is 10.6 Å². The molecule has 3 rings (SSSR count). The number of carbonyl (C=O) groups excluding carboxylic acids is 3. The third-order valence-electron chi connectivity index (χ3n) is 4.07. The molecular formula is C15H15ClN4O3S. The van der Waals surface area contributed by atoms with Crippen LogP contribution in [0.2, 0.25) is 5.02 Å². The van der Waals surface area contributed by atoms with Gasteiger partial charge in [-0.2, -0.15) is 5.01 Å². The minimum atomic E-state index is -1.09. The predicted molar refractivity (Wildman–Crippen MR) is 92.0 cm³/mol. The highest BCUT2D eigenvalue weighted by atomic mass is 35.5. The van der Waals surface area contributed by atoms with Crippen molar-refractivity contribution in [3.8, 4) is 0 Å². The summed E-state index contributed by atoms with van der Waals surface area (Å²) in [6.45, 7) is 3.27. The molecule has 0 unspecified atom stereocenters. The molecule has 0 saturated carbocycles. The maximum Gasteiger partial charge on any atom is 0.248 e. The summed E-state index contributed by atoms with van der Waals surface area (Å²) < 4.78 is 0. The Morgan fingerprint density at radius 2 is 1.96 bits per heavy atom. The van der Waals surface area contributed by atoms with Gasteiger partial charge in [-0.15, -0.1) is 0 Å². The first-order valence-electron chi connectivity index (χ1n) is 7.26. The summed E-state index contributed by atoms with van der Waals surface area (Å²) in [6.07, 6.45) is -0.0576. The van der Waals surface area contributed by atoms with Crippen molar-refractivity contribution >= 4 is 52.3 Å². The fraction of sp³-hybridized carbons (Fsp3) is 0.333. The number of halogens is 1. The Balaban J connectivity index is 1.88. The van der Waals surface area contributed by atoms with Gasteiger partial charge in [0.25, 0.3) is 0 Å². The summed E-state index contributed by atoms with van der Waals surface area (Å²) in [6, 6.07) is 5.79. The second-order valence-corrected chi connectivity index (χ2v) is 6.91. The maximum atomic E-state index is 12.7. The van der Waals surface area contributed by atoms with Crippen LogP contribution in [-0.2, 0) is 14.4 Å². The number of fused-ring (bicyclic) bond motifs is 1. The molecule has 24 heavy (non-hydrogen) atoms. The fourth-order valence-corrected chi connectivity index (χ4v) is 3.23. The summed E-state index contributed by atoms with van der Waals surface area (Å²) in [5, 5.41) is 8.42. The summed E-state index contributed by atoms with van der Waals surface area (Å²) in [5.74, 6) is -1.08. The zero-order valence-electron chi connectivity index (χ0n) is 13.0. The molecule has 0 aliphatic carbocycles. The van der Waals surface area contributed by atoms with Crippen LogP contribution in [0.3, 0.4) is 0 Å². The van der Waals surface area contributed by atoms with Gasteiger partial charge >= 0.3 is 0 Å². The Morgan fingerprint density at radius 3 is 2.58 bits per heavy atom. The minimum Gasteiger partial charge on any atom is -0.325 e. The number of nitrogens with one attached hydrogen (secondary N) is 2. The largest absolute Gasteiger partial charge is 0.325 e. The van der Waals surface area contributed by atoms with Crippen molar-refractivity contribution in [1.82, 2.24) is 15.3 Å². The standard InChI is InChI=1S/C15H15ClN4O3S/c1-15(2)13(23)18-14(24)19-11(21)7-10(20(15)19)12(22)17-9-5-3-8(16)4-6-9/h3-6,10H,7H2,1-2H3,(H,17,22)(H,18,23,24)/t10-/m1/s1. The predicted octanol–water partition coefficient (Wildman–Crippen LogP) is 1.29. The van der Waals surface area contributed by atoms with Crippen molar-refractivity contribution in [3.05, 3.63) is 29.3 Å². The number of carbonyl (C=O) groups is 3. The first kappa shape index (κ1) is 16.8. The first-order chi connectivity index (χ1) is 11.2. The van der Waals surface area contributed by atoms with E-state index < -0.39 is 17.5 Å². The number of benzene rings is 1. The molecular weight excluding hydrogens is 352 g/mol. The normalized spacial score (nSPS) is 23.0. The van der Waals surface area contributed by atoms with E-state index in [-0.39, 0.29) is 23.3 Å². The van der Waals surface area contributed by atoms with Crippen molar-refractivity contribution in [3.63, 3.8) is 0 Å². The van der Waals surface area contributed by atoms with E-state index in [1.54, 1.807) is 38.1 Å². The van der Waals surface area contributed by atoms with E-state index in [1.165, 1.54) is 10.0 Å². The molecule has 0 radical (unpaired) electrons. The number of hydrazine groups is 1.